The third kappa shape index (κ3) is 4.98. The van der Waals surface area contributed by atoms with Gasteiger partial charge >= 0.3 is 0 Å². The van der Waals surface area contributed by atoms with Crippen LogP contribution >= 0.6 is 35.0 Å². The predicted molar refractivity (Wildman–Crippen MR) is 80.7 cm³/mol. The van der Waals surface area contributed by atoms with Crippen molar-refractivity contribution in [2.24, 2.45) is 5.73 Å². The lowest BCUT2D eigenvalue weighted by Crippen LogP contribution is -2.36. The molecular formula is C13H19Cl2NOS. The lowest BCUT2D eigenvalue weighted by atomic mass is 9.95. The molecule has 18 heavy (non-hydrogen) atoms. The molecule has 3 N–H and O–H groups in total. The Morgan fingerprint density at radius 2 is 2.11 bits per heavy atom. The van der Waals surface area contributed by atoms with E-state index in [9.17, 15) is 5.11 Å². The fourth-order valence-corrected chi connectivity index (χ4v) is 3.04. The Kier molecular flexibility index (Phi) is 6.82. The SMILES string of the molecule is CCC(O)(CN)CCCSc1cc(Cl)ccc1Cl. The molecule has 5 heteroatoms. The Labute approximate surface area is 123 Å². The van der Waals surface area contributed by atoms with Crippen molar-refractivity contribution in [3.8, 4) is 0 Å². The first kappa shape index (κ1) is 16.1. The summed E-state index contributed by atoms with van der Waals surface area (Å²) in [7, 11) is 0. The van der Waals surface area contributed by atoms with Gasteiger partial charge in [-0.15, -0.1) is 11.8 Å². The van der Waals surface area contributed by atoms with E-state index in [1.165, 1.54) is 0 Å². The summed E-state index contributed by atoms with van der Waals surface area (Å²) in [6.45, 7) is 2.26. The third-order valence-electron chi connectivity index (χ3n) is 2.98. The number of aliphatic hydroxyl groups is 1. The van der Waals surface area contributed by atoms with Crippen molar-refractivity contribution < 1.29 is 5.11 Å². The molecule has 0 radical (unpaired) electrons. The first-order valence-corrected chi connectivity index (χ1v) is 7.75. The normalized spacial score (nSPS) is 14.5. The van der Waals surface area contributed by atoms with Gasteiger partial charge in [-0.05, 0) is 43.2 Å². The zero-order valence-corrected chi connectivity index (χ0v) is 12.8. The van der Waals surface area contributed by atoms with Gasteiger partial charge in [0.25, 0.3) is 0 Å². The average molecular weight is 308 g/mol. The van der Waals surface area contributed by atoms with E-state index in [1.807, 2.05) is 13.0 Å². The molecule has 0 aromatic heterocycles. The summed E-state index contributed by atoms with van der Waals surface area (Å²) in [5, 5.41) is 11.4. The van der Waals surface area contributed by atoms with E-state index >= 15 is 0 Å². The summed E-state index contributed by atoms with van der Waals surface area (Å²) in [6.07, 6.45) is 2.30. The van der Waals surface area contributed by atoms with Crippen LogP contribution in [-0.4, -0.2) is 23.0 Å². The van der Waals surface area contributed by atoms with E-state index in [2.05, 4.69) is 0 Å². The van der Waals surface area contributed by atoms with Crippen LogP contribution in [-0.2, 0) is 0 Å². The molecule has 0 saturated carbocycles. The molecule has 0 saturated heterocycles. The minimum atomic E-state index is -0.724. The average Bonchev–Trinajstić information content (AvgIpc) is 2.38. The fourth-order valence-electron chi connectivity index (χ4n) is 1.59. The van der Waals surface area contributed by atoms with Crippen LogP contribution < -0.4 is 5.73 Å². The topological polar surface area (TPSA) is 46.2 Å². The summed E-state index contributed by atoms with van der Waals surface area (Å²) in [5.74, 6) is 0.891. The highest BCUT2D eigenvalue weighted by Gasteiger charge is 2.21. The van der Waals surface area contributed by atoms with E-state index < -0.39 is 5.60 Å². The summed E-state index contributed by atoms with van der Waals surface area (Å²) >= 11 is 13.6. The highest BCUT2D eigenvalue weighted by molar-refractivity contribution is 7.99. The van der Waals surface area contributed by atoms with Crippen molar-refractivity contribution in [3.63, 3.8) is 0 Å². The third-order valence-corrected chi connectivity index (χ3v) is 4.79. The van der Waals surface area contributed by atoms with Crippen molar-refractivity contribution in [2.45, 2.75) is 36.7 Å². The Balaban J connectivity index is 2.40. The van der Waals surface area contributed by atoms with E-state index in [1.54, 1.807) is 23.9 Å². The number of hydrogen-bond acceptors (Lipinski definition) is 3. The summed E-state index contributed by atoms with van der Waals surface area (Å²) < 4.78 is 0. The molecule has 1 unspecified atom stereocenters. The first-order valence-electron chi connectivity index (χ1n) is 6.01. The van der Waals surface area contributed by atoms with Crippen molar-refractivity contribution in [2.75, 3.05) is 12.3 Å². The van der Waals surface area contributed by atoms with Crippen LogP contribution in [0.2, 0.25) is 10.0 Å². The van der Waals surface area contributed by atoms with Gasteiger partial charge in [-0.3, -0.25) is 0 Å². The largest absolute Gasteiger partial charge is 0.389 e. The number of hydrogen-bond donors (Lipinski definition) is 2. The molecule has 1 aromatic carbocycles. The molecule has 0 amide bonds. The van der Waals surface area contributed by atoms with Crippen molar-refractivity contribution in [3.05, 3.63) is 28.2 Å². The molecule has 1 aromatic rings. The number of halogens is 2. The molecule has 2 nitrogen and oxygen atoms in total. The Hall–Kier alpha value is 0.0700. The smallest absolute Gasteiger partial charge is 0.0767 e. The fraction of sp³-hybridized carbons (Fsp3) is 0.538. The second-order valence-electron chi connectivity index (χ2n) is 4.31. The van der Waals surface area contributed by atoms with Crippen LogP contribution in [0.5, 0.6) is 0 Å². The van der Waals surface area contributed by atoms with Crippen LogP contribution in [0.3, 0.4) is 0 Å². The maximum absolute atomic E-state index is 10.0. The Morgan fingerprint density at radius 1 is 1.39 bits per heavy atom. The maximum atomic E-state index is 10.0. The Bertz CT molecular complexity index is 383. The Morgan fingerprint density at radius 3 is 2.72 bits per heavy atom. The van der Waals surface area contributed by atoms with Crippen LogP contribution in [0.4, 0.5) is 0 Å². The standard InChI is InChI=1S/C13H19Cl2NOS/c1-2-13(17,9-16)6-3-7-18-12-8-10(14)4-5-11(12)15/h4-5,8,17H,2-3,6-7,9,16H2,1H3. The van der Waals surface area contributed by atoms with E-state index in [4.69, 9.17) is 28.9 Å². The van der Waals surface area contributed by atoms with Gasteiger partial charge in [0.15, 0.2) is 0 Å². The first-order chi connectivity index (χ1) is 8.50. The highest BCUT2D eigenvalue weighted by Crippen LogP contribution is 2.31. The van der Waals surface area contributed by atoms with Crippen molar-refractivity contribution >= 4 is 35.0 Å². The minimum Gasteiger partial charge on any atom is -0.389 e. The van der Waals surface area contributed by atoms with Gasteiger partial charge < -0.3 is 10.8 Å². The molecule has 0 aliphatic heterocycles. The monoisotopic (exact) mass is 307 g/mol. The van der Waals surface area contributed by atoms with Gasteiger partial charge in [-0.25, -0.2) is 0 Å². The second kappa shape index (κ2) is 7.61. The molecule has 0 aliphatic carbocycles. The van der Waals surface area contributed by atoms with Crippen molar-refractivity contribution in [1.82, 2.24) is 0 Å². The van der Waals surface area contributed by atoms with Gasteiger partial charge in [0.2, 0.25) is 0 Å². The molecule has 102 valence electrons. The number of thioether (sulfide) groups is 1. The van der Waals surface area contributed by atoms with Crippen LogP contribution in [0, 0.1) is 0 Å². The molecule has 1 atom stereocenters. The lowest BCUT2D eigenvalue weighted by molar-refractivity contribution is 0.0360. The predicted octanol–water partition coefficient (Wildman–Crippen LogP) is 3.97. The second-order valence-corrected chi connectivity index (χ2v) is 6.29. The summed E-state index contributed by atoms with van der Waals surface area (Å²) in [4.78, 5) is 0.983. The van der Waals surface area contributed by atoms with Gasteiger partial charge in [0, 0.05) is 16.5 Å². The zero-order chi connectivity index (χ0) is 13.6. The molecule has 1 rings (SSSR count). The van der Waals surface area contributed by atoms with E-state index in [-0.39, 0.29) is 0 Å². The quantitative estimate of drug-likeness (QED) is 0.592. The van der Waals surface area contributed by atoms with Crippen molar-refractivity contribution in [1.29, 1.82) is 0 Å². The van der Waals surface area contributed by atoms with Gasteiger partial charge in [0.1, 0.15) is 0 Å². The van der Waals surface area contributed by atoms with Crippen LogP contribution in [0.15, 0.2) is 23.1 Å². The number of rotatable bonds is 7. The lowest BCUT2D eigenvalue weighted by Gasteiger charge is -2.24. The number of nitrogens with two attached hydrogens (primary N) is 1. The highest BCUT2D eigenvalue weighted by atomic mass is 35.5. The van der Waals surface area contributed by atoms with E-state index in [0.717, 1.165) is 17.1 Å². The minimum absolute atomic E-state index is 0.312. The maximum Gasteiger partial charge on any atom is 0.0767 e. The zero-order valence-electron chi connectivity index (χ0n) is 10.5. The molecule has 0 heterocycles. The van der Waals surface area contributed by atoms with Gasteiger partial charge in [0.05, 0.1) is 10.6 Å². The summed E-state index contributed by atoms with van der Waals surface area (Å²) in [6, 6.07) is 5.44. The van der Waals surface area contributed by atoms with Crippen LogP contribution in [0.1, 0.15) is 26.2 Å². The molecule has 0 spiro atoms. The summed E-state index contributed by atoms with van der Waals surface area (Å²) in [5.41, 5.74) is 4.84. The molecular weight excluding hydrogens is 289 g/mol. The van der Waals surface area contributed by atoms with E-state index in [0.29, 0.717) is 29.4 Å². The molecule has 0 aliphatic rings. The molecule has 0 bridgehead atoms. The molecule has 0 fully saturated rings. The van der Waals surface area contributed by atoms with Gasteiger partial charge in [-0.2, -0.15) is 0 Å². The number of benzene rings is 1. The van der Waals surface area contributed by atoms with Gasteiger partial charge in [-0.1, -0.05) is 30.1 Å². The van der Waals surface area contributed by atoms with Crippen LogP contribution in [0.25, 0.3) is 0 Å².